The van der Waals surface area contributed by atoms with Crippen molar-refractivity contribution in [1.82, 2.24) is 14.8 Å². The molecular weight excluding hydrogens is 392 g/mol. The molecular formula is C24H22N4O3. The van der Waals surface area contributed by atoms with Crippen molar-refractivity contribution < 1.29 is 14.3 Å². The van der Waals surface area contributed by atoms with Crippen LogP contribution in [0.5, 0.6) is 11.5 Å². The highest BCUT2D eigenvalue weighted by atomic mass is 16.5. The Hall–Kier alpha value is -3.61. The first-order valence-electron chi connectivity index (χ1n) is 10.7. The number of benzene rings is 2. The van der Waals surface area contributed by atoms with E-state index < -0.39 is 0 Å². The Morgan fingerprint density at radius 2 is 1.81 bits per heavy atom. The highest BCUT2D eigenvalue weighted by Gasteiger charge is 2.37. The summed E-state index contributed by atoms with van der Waals surface area (Å²) in [5, 5.41) is 8.20. The first-order valence-corrected chi connectivity index (χ1v) is 10.7. The highest BCUT2D eigenvalue weighted by Crippen LogP contribution is 2.43. The van der Waals surface area contributed by atoms with E-state index in [0.29, 0.717) is 37.2 Å². The molecule has 1 atom stereocenters. The van der Waals surface area contributed by atoms with Crippen molar-refractivity contribution in [3.63, 3.8) is 0 Å². The van der Waals surface area contributed by atoms with E-state index in [2.05, 4.69) is 5.32 Å². The van der Waals surface area contributed by atoms with Gasteiger partial charge in [-0.15, -0.1) is 5.10 Å². The number of fused-ring (bicyclic) bond motifs is 2. The molecule has 3 heterocycles. The van der Waals surface area contributed by atoms with Gasteiger partial charge in [-0.25, -0.2) is 4.68 Å². The summed E-state index contributed by atoms with van der Waals surface area (Å²) in [5.41, 5.74) is 3.61. The van der Waals surface area contributed by atoms with Crippen LogP contribution in [-0.4, -0.2) is 33.8 Å². The molecule has 1 aromatic heterocycles. The summed E-state index contributed by atoms with van der Waals surface area (Å²) in [6.45, 7) is 1.25. The average molecular weight is 414 g/mol. The summed E-state index contributed by atoms with van der Waals surface area (Å²) in [6.07, 6.45) is 3.07. The third-order valence-electron chi connectivity index (χ3n) is 5.99. The van der Waals surface area contributed by atoms with Gasteiger partial charge in [-0.2, -0.15) is 4.98 Å². The average Bonchev–Trinajstić information content (AvgIpc) is 3.08. The number of carbonyl (C=O) groups is 1. The van der Waals surface area contributed by atoms with Crippen molar-refractivity contribution in [3.05, 3.63) is 65.4 Å². The Labute approximate surface area is 179 Å². The number of nitrogens with one attached hydrogen (secondary N) is 1. The molecule has 6 rings (SSSR count). The van der Waals surface area contributed by atoms with Crippen LogP contribution in [0.2, 0.25) is 0 Å². The van der Waals surface area contributed by atoms with Gasteiger partial charge in [0.15, 0.2) is 23.1 Å². The second-order valence-electron chi connectivity index (χ2n) is 8.02. The molecule has 0 amide bonds. The number of hydrogen-bond donors (Lipinski definition) is 1. The molecule has 31 heavy (non-hydrogen) atoms. The highest BCUT2D eigenvalue weighted by molar-refractivity contribution is 5.99. The lowest BCUT2D eigenvalue weighted by atomic mass is 9.85. The molecule has 0 fully saturated rings. The first-order chi connectivity index (χ1) is 15.3. The normalized spacial score (nSPS) is 19.9. The molecule has 0 radical (unpaired) electrons. The summed E-state index contributed by atoms with van der Waals surface area (Å²) in [7, 11) is 0. The van der Waals surface area contributed by atoms with Crippen molar-refractivity contribution in [2.75, 3.05) is 18.5 Å². The predicted octanol–water partition coefficient (Wildman–Crippen LogP) is 4.13. The lowest BCUT2D eigenvalue weighted by molar-refractivity contribution is -0.116. The van der Waals surface area contributed by atoms with Crippen molar-refractivity contribution in [3.8, 4) is 22.9 Å². The van der Waals surface area contributed by atoms with Gasteiger partial charge >= 0.3 is 0 Å². The van der Waals surface area contributed by atoms with E-state index in [-0.39, 0.29) is 11.8 Å². The topological polar surface area (TPSA) is 78.3 Å². The van der Waals surface area contributed by atoms with Crippen molar-refractivity contribution in [1.29, 1.82) is 0 Å². The summed E-state index contributed by atoms with van der Waals surface area (Å²) < 4.78 is 13.6. The van der Waals surface area contributed by atoms with Gasteiger partial charge in [-0.05, 0) is 30.5 Å². The summed E-state index contributed by atoms with van der Waals surface area (Å²) in [4.78, 5) is 17.8. The molecule has 1 unspecified atom stereocenters. The smallest absolute Gasteiger partial charge is 0.226 e. The maximum absolute atomic E-state index is 13.0. The third kappa shape index (κ3) is 3.08. The number of carbonyl (C=O) groups excluding carboxylic acids is 1. The van der Waals surface area contributed by atoms with Gasteiger partial charge in [0.25, 0.3) is 0 Å². The molecule has 7 heteroatoms. The summed E-state index contributed by atoms with van der Waals surface area (Å²) in [6, 6.07) is 15.5. The van der Waals surface area contributed by atoms with Gasteiger partial charge in [-0.1, -0.05) is 36.4 Å². The van der Waals surface area contributed by atoms with Gasteiger partial charge in [0, 0.05) is 29.7 Å². The molecule has 156 valence electrons. The van der Waals surface area contributed by atoms with Crippen LogP contribution >= 0.6 is 0 Å². The number of allylic oxidation sites excluding steroid dienone is 2. The molecule has 1 N–H and O–H groups in total. The molecule has 2 aliphatic heterocycles. The number of ether oxygens (including phenoxy) is 2. The summed E-state index contributed by atoms with van der Waals surface area (Å²) in [5.74, 6) is 2.90. The Morgan fingerprint density at radius 3 is 2.68 bits per heavy atom. The molecule has 2 aromatic carbocycles. The van der Waals surface area contributed by atoms with E-state index in [1.165, 1.54) is 0 Å². The number of ketones is 1. The summed E-state index contributed by atoms with van der Waals surface area (Å²) >= 11 is 0. The second kappa shape index (κ2) is 7.27. The van der Waals surface area contributed by atoms with Gasteiger partial charge in [0.05, 0.1) is 13.2 Å². The fourth-order valence-electron chi connectivity index (χ4n) is 4.52. The van der Waals surface area contributed by atoms with Crippen molar-refractivity contribution in [2.45, 2.75) is 31.7 Å². The Morgan fingerprint density at radius 1 is 0.968 bits per heavy atom. The van der Waals surface area contributed by atoms with Crippen LogP contribution in [0.15, 0.2) is 59.8 Å². The number of anilines is 1. The Balaban J connectivity index is 1.50. The van der Waals surface area contributed by atoms with Gasteiger partial charge in [0.1, 0.15) is 6.04 Å². The van der Waals surface area contributed by atoms with Crippen LogP contribution in [0.4, 0.5) is 5.95 Å². The quantitative estimate of drug-likeness (QED) is 0.679. The minimum absolute atomic E-state index is 0.160. The van der Waals surface area contributed by atoms with E-state index in [1.807, 2.05) is 53.2 Å². The molecule has 0 spiro atoms. The van der Waals surface area contributed by atoms with E-state index in [1.54, 1.807) is 0 Å². The van der Waals surface area contributed by atoms with Crippen LogP contribution < -0.4 is 14.8 Å². The van der Waals surface area contributed by atoms with Gasteiger partial charge < -0.3 is 14.8 Å². The van der Waals surface area contributed by atoms with E-state index >= 15 is 0 Å². The maximum Gasteiger partial charge on any atom is 0.226 e. The Kier molecular flexibility index (Phi) is 4.26. The predicted molar refractivity (Wildman–Crippen MR) is 115 cm³/mol. The standard InChI is InChI=1S/C24H22N4O3/c29-18-9-4-8-17-21(18)22(16-10-11-19-20(14-16)31-13-5-12-30-19)28-24(25-17)26-23(27-28)15-6-2-1-3-7-15/h1-3,6-7,10-11,14,22H,4-5,8-9,12-13H2,(H,25,26,27). The number of nitrogens with zero attached hydrogens (tertiary/aromatic N) is 3. The lowest BCUT2D eigenvalue weighted by Crippen LogP contribution is -2.31. The monoisotopic (exact) mass is 414 g/mol. The third-order valence-corrected chi connectivity index (χ3v) is 5.99. The molecule has 3 aliphatic rings. The van der Waals surface area contributed by atoms with Gasteiger partial charge in [0.2, 0.25) is 5.95 Å². The molecule has 1 aliphatic carbocycles. The first kappa shape index (κ1) is 18.2. The Bertz CT molecular complexity index is 1200. The van der Waals surface area contributed by atoms with Crippen LogP contribution in [-0.2, 0) is 4.79 Å². The van der Waals surface area contributed by atoms with Crippen molar-refractivity contribution >= 4 is 11.7 Å². The second-order valence-corrected chi connectivity index (χ2v) is 8.02. The molecule has 0 saturated carbocycles. The largest absolute Gasteiger partial charge is 0.490 e. The van der Waals surface area contributed by atoms with Crippen LogP contribution in [0.3, 0.4) is 0 Å². The molecule has 0 saturated heterocycles. The molecule has 7 nitrogen and oxygen atoms in total. The molecule has 3 aromatic rings. The zero-order chi connectivity index (χ0) is 20.8. The number of aromatic nitrogens is 3. The van der Waals surface area contributed by atoms with Crippen LogP contribution in [0.25, 0.3) is 11.4 Å². The van der Waals surface area contributed by atoms with E-state index in [9.17, 15) is 4.79 Å². The minimum atomic E-state index is -0.346. The molecule has 0 bridgehead atoms. The fourth-order valence-corrected chi connectivity index (χ4v) is 4.52. The fraction of sp³-hybridized carbons (Fsp3) is 0.292. The minimum Gasteiger partial charge on any atom is -0.490 e. The van der Waals surface area contributed by atoms with Crippen LogP contribution in [0.1, 0.15) is 37.3 Å². The zero-order valence-electron chi connectivity index (χ0n) is 17.0. The van der Waals surface area contributed by atoms with Crippen LogP contribution in [0, 0.1) is 0 Å². The van der Waals surface area contributed by atoms with Gasteiger partial charge in [-0.3, -0.25) is 4.79 Å². The number of Topliss-reactive ketones (excluding diaryl/α,β-unsaturated/α-hetero) is 1. The lowest BCUT2D eigenvalue weighted by Gasteiger charge is -2.32. The maximum atomic E-state index is 13.0. The van der Waals surface area contributed by atoms with Crippen molar-refractivity contribution in [2.24, 2.45) is 0 Å². The SMILES string of the molecule is O=C1CCCC2=C1C(c1ccc3c(c1)OCCCO3)n1nc(-c3ccccc3)nc1N2. The zero-order valence-corrected chi connectivity index (χ0v) is 17.0. The van der Waals surface area contributed by atoms with E-state index in [0.717, 1.165) is 47.4 Å². The number of rotatable bonds is 2. The number of hydrogen-bond acceptors (Lipinski definition) is 6. The van der Waals surface area contributed by atoms with E-state index in [4.69, 9.17) is 19.6 Å².